The maximum absolute atomic E-state index is 6.23. The Morgan fingerprint density at radius 1 is 0.909 bits per heavy atom. The number of hydrogen-bond acceptors (Lipinski definition) is 3. The van der Waals surface area contributed by atoms with Crippen LogP contribution in [0.3, 0.4) is 0 Å². The lowest BCUT2D eigenvalue weighted by Gasteiger charge is -2.32. The average Bonchev–Trinajstić information content (AvgIpc) is 2.68. The van der Waals surface area contributed by atoms with Gasteiger partial charge in [0.25, 0.3) is 0 Å². The van der Waals surface area contributed by atoms with Crippen molar-refractivity contribution >= 4 is 30.7 Å². The quantitative estimate of drug-likeness (QED) is 0.779. The van der Waals surface area contributed by atoms with E-state index in [2.05, 4.69) is 56.9 Å². The number of rotatable bonds is 2. The third kappa shape index (κ3) is 3.15. The minimum absolute atomic E-state index is 0. The molecular formula is C17H27BClNO2. The van der Waals surface area contributed by atoms with E-state index in [4.69, 9.17) is 9.31 Å². The van der Waals surface area contributed by atoms with Gasteiger partial charge in [0.05, 0.1) is 11.2 Å². The lowest BCUT2D eigenvalue weighted by atomic mass is 9.77. The predicted octanol–water partition coefficient (Wildman–Crippen LogP) is 3.40. The molecule has 1 aromatic carbocycles. The van der Waals surface area contributed by atoms with Gasteiger partial charge < -0.3 is 14.2 Å². The fraction of sp³-hybridized carbons (Fsp3) is 0.647. The minimum Gasteiger partial charge on any atom is -0.399 e. The van der Waals surface area contributed by atoms with Crippen molar-refractivity contribution in [1.82, 2.24) is 0 Å². The Morgan fingerprint density at radius 2 is 1.45 bits per heavy atom. The summed E-state index contributed by atoms with van der Waals surface area (Å²) in [4.78, 5) is 2.48. The van der Waals surface area contributed by atoms with E-state index in [0.29, 0.717) is 0 Å². The second kappa shape index (κ2) is 6.42. The molecule has 0 spiro atoms. The molecule has 3 rings (SSSR count). The monoisotopic (exact) mass is 323 g/mol. The summed E-state index contributed by atoms with van der Waals surface area (Å²) in [6.45, 7) is 10.7. The van der Waals surface area contributed by atoms with Gasteiger partial charge in [-0.25, -0.2) is 0 Å². The summed E-state index contributed by atoms with van der Waals surface area (Å²) in [6.07, 6.45) is 3.89. The van der Waals surface area contributed by atoms with Gasteiger partial charge in [0.15, 0.2) is 0 Å². The van der Waals surface area contributed by atoms with E-state index in [0.717, 1.165) is 18.6 Å². The molecule has 0 radical (unpaired) electrons. The molecule has 122 valence electrons. The molecule has 2 fully saturated rings. The highest BCUT2D eigenvalue weighted by Gasteiger charge is 2.52. The largest absolute Gasteiger partial charge is 0.496 e. The molecule has 2 aliphatic heterocycles. The number of para-hydroxylation sites is 1. The van der Waals surface area contributed by atoms with E-state index < -0.39 is 0 Å². The predicted molar refractivity (Wildman–Crippen MR) is 95.5 cm³/mol. The van der Waals surface area contributed by atoms with Crippen LogP contribution in [-0.2, 0) is 9.31 Å². The number of benzene rings is 1. The highest BCUT2D eigenvalue weighted by molar-refractivity contribution is 6.64. The number of anilines is 1. The van der Waals surface area contributed by atoms with E-state index >= 15 is 0 Å². The van der Waals surface area contributed by atoms with Gasteiger partial charge >= 0.3 is 7.12 Å². The van der Waals surface area contributed by atoms with Gasteiger partial charge in [0.2, 0.25) is 0 Å². The van der Waals surface area contributed by atoms with Crippen molar-refractivity contribution in [3.05, 3.63) is 24.3 Å². The summed E-state index contributed by atoms with van der Waals surface area (Å²) >= 11 is 0. The Morgan fingerprint density at radius 3 is 2.05 bits per heavy atom. The molecule has 5 heteroatoms. The average molecular weight is 324 g/mol. The van der Waals surface area contributed by atoms with Gasteiger partial charge in [-0.05, 0) is 53.0 Å². The molecule has 2 aliphatic rings. The summed E-state index contributed by atoms with van der Waals surface area (Å²) < 4.78 is 12.5. The molecule has 0 N–H and O–H groups in total. The van der Waals surface area contributed by atoms with Crippen molar-refractivity contribution < 1.29 is 9.31 Å². The molecule has 2 saturated heterocycles. The molecule has 0 bridgehead atoms. The van der Waals surface area contributed by atoms with Crippen LogP contribution in [-0.4, -0.2) is 31.4 Å². The number of piperidine rings is 1. The summed E-state index contributed by atoms with van der Waals surface area (Å²) in [6, 6.07) is 8.53. The molecule has 2 heterocycles. The zero-order chi connectivity index (χ0) is 15.1. The van der Waals surface area contributed by atoms with Crippen LogP contribution in [0.25, 0.3) is 0 Å². The van der Waals surface area contributed by atoms with E-state index in [1.807, 2.05) is 0 Å². The van der Waals surface area contributed by atoms with Crippen molar-refractivity contribution in [2.75, 3.05) is 18.0 Å². The Bertz CT molecular complexity index is 499. The first-order chi connectivity index (χ1) is 9.91. The SMILES string of the molecule is CC1(C)OB(c2ccccc2N2CCCCC2)OC1(C)C.Cl. The highest BCUT2D eigenvalue weighted by atomic mass is 35.5. The first kappa shape index (κ1) is 17.6. The zero-order valence-corrected chi connectivity index (χ0v) is 14.9. The van der Waals surface area contributed by atoms with E-state index in [-0.39, 0.29) is 30.7 Å². The molecule has 0 aliphatic carbocycles. The van der Waals surface area contributed by atoms with Crippen LogP contribution < -0.4 is 10.4 Å². The zero-order valence-electron chi connectivity index (χ0n) is 14.1. The normalized spacial score (nSPS) is 23.3. The maximum Gasteiger partial charge on any atom is 0.496 e. The summed E-state index contributed by atoms with van der Waals surface area (Å²) in [5.41, 5.74) is 1.87. The molecule has 1 aromatic rings. The van der Waals surface area contributed by atoms with Crippen LogP contribution in [0, 0.1) is 0 Å². The van der Waals surface area contributed by atoms with Crippen molar-refractivity contribution in [2.45, 2.75) is 58.2 Å². The molecule has 22 heavy (non-hydrogen) atoms. The summed E-state index contributed by atoms with van der Waals surface area (Å²) in [5.74, 6) is 0. The minimum atomic E-state index is -0.285. The fourth-order valence-corrected chi connectivity index (χ4v) is 3.08. The van der Waals surface area contributed by atoms with Crippen LogP contribution in [0.15, 0.2) is 24.3 Å². The third-order valence-corrected chi connectivity index (χ3v) is 5.14. The summed E-state index contributed by atoms with van der Waals surface area (Å²) in [5, 5.41) is 0. The molecular weight excluding hydrogens is 296 g/mol. The molecule has 0 unspecified atom stereocenters. The fourth-order valence-electron chi connectivity index (χ4n) is 3.08. The highest BCUT2D eigenvalue weighted by Crippen LogP contribution is 2.37. The van der Waals surface area contributed by atoms with Gasteiger partial charge in [-0.2, -0.15) is 0 Å². The van der Waals surface area contributed by atoms with Crippen molar-refractivity contribution in [3.63, 3.8) is 0 Å². The third-order valence-electron chi connectivity index (χ3n) is 5.14. The second-order valence-corrected chi connectivity index (χ2v) is 7.19. The van der Waals surface area contributed by atoms with Crippen LogP contribution in [0.5, 0.6) is 0 Å². The topological polar surface area (TPSA) is 21.7 Å². The van der Waals surface area contributed by atoms with Crippen LogP contribution in [0.4, 0.5) is 5.69 Å². The molecule has 0 atom stereocenters. The van der Waals surface area contributed by atoms with Crippen LogP contribution in [0.2, 0.25) is 0 Å². The first-order valence-electron chi connectivity index (χ1n) is 8.10. The van der Waals surface area contributed by atoms with Crippen LogP contribution in [0.1, 0.15) is 47.0 Å². The van der Waals surface area contributed by atoms with Gasteiger partial charge in [0, 0.05) is 24.2 Å². The maximum atomic E-state index is 6.23. The first-order valence-corrected chi connectivity index (χ1v) is 8.10. The summed E-state index contributed by atoms with van der Waals surface area (Å²) in [7, 11) is -0.270. The van der Waals surface area contributed by atoms with Gasteiger partial charge in [-0.3, -0.25) is 0 Å². The lowest BCUT2D eigenvalue weighted by Crippen LogP contribution is -2.41. The second-order valence-electron chi connectivity index (χ2n) is 7.19. The number of hydrogen-bond donors (Lipinski definition) is 0. The van der Waals surface area contributed by atoms with Gasteiger partial charge in [0.1, 0.15) is 0 Å². The molecule has 3 nitrogen and oxygen atoms in total. The molecule has 0 saturated carbocycles. The lowest BCUT2D eigenvalue weighted by molar-refractivity contribution is 0.00578. The van der Waals surface area contributed by atoms with E-state index in [1.165, 1.54) is 24.9 Å². The van der Waals surface area contributed by atoms with Crippen molar-refractivity contribution in [3.8, 4) is 0 Å². The van der Waals surface area contributed by atoms with Gasteiger partial charge in [-0.15, -0.1) is 12.4 Å². The standard InChI is InChI=1S/C17H26BNO2.ClH/c1-16(2)17(3,4)21-18(20-16)14-10-6-7-11-15(14)19-12-8-5-9-13-19;/h6-7,10-11H,5,8-9,12-13H2,1-4H3;1H. The van der Waals surface area contributed by atoms with Crippen molar-refractivity contribution in [2.24, 2.45) is 0 Å². The molecule has 0 aromatic heterocycles. The smallest absolute Gasteiger partial charge is 0.399 e. The number of nitrogens with zero attached hydrogens (tertiary/aromatic N) is 1. The van der Waals surface area contributed by atoms with E-state index in [1.54, 1.807) is 0 Å². The van der Waals surface area contributed by atoms with Crippen LogP contribution >= 0.6 is 12.4 Å². The van der Waals surface area contributed by atoms with Gasteiger partial charge in [-0.1, -0.05) is 18.2 Å². The Kier molecular flexibility index (Phi) is 5.15. The number of halogens is 1. The van der Waals surface area contributed by atoms with Crippen molar-refractivity contribution in [1.29, 1.82) is 0 Å². The van der Waals surface area contributed by atoms with E-state index in [9.17, 15) is 0 Å². The molecule has 0 amide bonds. The Labute approximate surface area is 140 Å². The Hall–Kier alpha value is -0.705. The Balaban J connectivity index is 0.00000176.